The average molecular weight is 340 g/mol. The lowest BCUT2D eigenvalue weighted by molar-refractivity contribution is 0.0544. The molecule has 4 nitrogen and oxygen atoms in total. The van der Waals surface area contributed by atoms with Crippen LogP contribution in [0.25, 0.3) is 10.9 Å². The SMILES string of the molecule is CCC1=CCC(c2cn(C(=O)OC(C)(C)C)c3ccccc23)N(C)C1. The van der Waals surface area contributed by atoms with Crippen molar-refractivity contribution in [2.75, 3.05) is 13.6 Å². The maximum atomic E-state index is 12.7. The molecule has 134 valence electrons. The van der Waals surface area contributed by atoms with Crippen LogP contribution in [0.4, 0.5) is 4.79 Å². The lowest BCUT2D eigenvalue weighted by Gasteiger charge is -2.32. The number of fused-ring (bicyclic) bond motifs is 1. The zero-order valence-electron chi connectivity index (χ0n) is 15.9. The molecule has 0 aliphatic carbocycles. The van der Waals surface area contributed by atoms with Crippen molar-refractivity contribution in [2.24, 2.45) is 0 Å². The maximum absolute atomic E-state index is 12.7. The fourth-order valence-corrected chi connectivity index (χ4v) is 3.51. The largest absolute Gasteiger partial charge is 0.443 e. The number of nitrogens with zero attached hydrogens (tertiary/aromatic N) is 2. The van der Waals surface area contributed by atoms with E-state index in [2.05, 4.69) is 31.0 Å². The first kappa shape index (κ1) is 17.7. The van der Waals surface area contributed by atoms with Crippen molar-refractivity contribution in [1.82, 2.24) is 9.47 Å². The first-order valence-corrected chi connectivity index (χ1v) is 9.01. The van der Waals surface area contributed by atoms with Gasteiger partial charge in [0.25, 0.3) is 0 Å². The predicted molar refractivity (Wildman–Crippen MR) is 102 cm³/mol. The third kappa shape index (κ3) is 3.64. The van der Waals surface area contributed by atoms with Crippen LogP contribution in [-0.4, -0.2) is 34.8 Å². The zero-order valence-corrected chi connectivity index (χ0v) is 15.9. The van der Waals surface area contributed by atoms with Gasteiger partial charge in [0.05, 0.1) is 5.52 Å². The maximum Gasteiger partial charge on any atom is 0.419 e. The van der Waals surface area contributed by atoms with Gasteiger partial charge in [-0.3, -0.25) is 9.47 Å². The number of rotatable bonds is 2. The van der Waals surface area contributed by atoms with Gasteiger partial charge in [0, 0.05) is 24.2 Å². The summed E-state index contributed by atoms with van der Waals surface area (Å²) in [4.78, 5) is 15.0. The van der Waals surface area contributed by atoms with E-state index in [0.29, 0.717) is 0 Å². The zero-order chi connectivity index (χ0) is 18.2. The lowest BCUT2D eigenvalue weighted by Crippen LogP contribution is -2.29. The second-order valence-electron chi connectivity index (χ2n) is 7.83. The molecule has 25 heavy (non-hydrogen) atoms. The Labute approximate surface area is 150 Å². The summed E-state index contributed by atoms with van der Waals surface area (Å²) in [5, 5.41) is 1.12. The van der Waals surface area contributed by atoms with E-state index < -0.39 is 5.60 Å². The predicted octanol–water partition coefficient (Wildman–Crippen LogP) is 5.14. The van der Waals surface area contributed by atoms with Crippen molar-refractivity contribution in [1.29, 1.82) is 0 Å². The monoisotopic (exact) mass is 340 g/mol. The van der Waals surface area contributed by atoms with E-state index in [0.717, 1.165) is 30.3 Å². The van der Waals surface area contributed by atoms with Crippen LogP contribution in [0.3, 0.4) is 0 Å². The summed E-state index contributed by atoms with van der Waals surface area (Å²) in [7, 11) is 2.16. The van der Waals surface area contributed by atoms with Gasteiger partial charge in [-0.25, -0.2) is 4.79 Å². The van der Waals surface area contributed by atoms with E-state index in [1.54, 1.807) is 4.57 Å². The number of aromatic nitrogens is 1. The van der Waals surface area contributed by atoms with Crippen LogP contribution < -0.4 is 0 Å². The Morgan fingerprint density at radius 2 is 2.00 bits per heavy atom. The Morgan fingerprint density at radius 1 is 1.28 bits per heavy atom. The van der Waals surface area contributed by atoms with Crippen LogP contribution in [0.5, 0.6) is 0 Å². The van der Waals surface area contributed by atoms with Crippen LogP contribution in [0.1, 0.15) is 52.1 Å². The molecule has 2 aromatic rings. The van der Waals surface area contributed by atoms with E-state index in [9.17, 15) is 4.79 Å². The van der Waals surface area contributed by atoms with Gasteiger partial charge in [-0.15, -0.1) is 0 Å². The minimum atomic E-state index is -0.511. The lowest BCUT2D eigenvalue weighted by atomic mass is 9.95. The first-order valence-electron chi connectivity index (χ1n) is 9.01. The molecule has 3 rings (SSSR count). The highest BCUT2D eigenvalue weighted by Crippen LogP contribution is 2.35. The molecule has 1 unspecified atom stereocenters. The fourth-order valence-electron chi connectivity index (χ4n) is 3.51. The van der Waals surface area contributed by atoms with Gasteiger partial charge < -0.3 is 4.74 Å². The average Bonchev–Trinajstić information content (AvgIpc) is 2.93. The van der Waals surface area contributed by atoms with Crippen LogP contribution >= 0.6 is 0 Å². The Kier molecular flexibility index (Phi) is 4.74. The number of carbonyl (C=O) groups excluding carboxylic acids is 1. The minimum Gasteiger partial charge on any atom is -0.443 e. The van der Waals surface area contributed by atoms with Gasteiger partial charge in [-0.1, -0.05) is 36.8 Å². The summed E-state index contributed by atoms with van der Waals surface area (Å²) in [5.41, 5.74) is 3.07. The quantitative estimate of drug-likeness (QED) is 0.710. The number of carbonyl (C=O) groups is 1. The molecule has 1 aliphatic rings. The van der Waals surface area contributed by atoms with Crippen molar-refractivity contribution >= 4 is 17.0 Å². The van der Waals surface area contributed by atoms with Crippen molar-refractivity contribution in [2.45, 2.75) is 52.2 Å². The van der Waals surface area contributed by atoms with E-state index >= 15 is 0 Å². The molecule has 0 bridgehead atoms. The number of para-hydroxylation sites is 1. The molecule has 4 heteroatoms. The minimum absolute atomic E-state index is 0.281. The number of hydrogen-bond acceptors (Lipinski definition) is 3. The molecule has 0 radical (unpaired) electrons. The summed E-state index contributed by atoms with van der Waals surface area (Å²) in [6, 6.07) is 8.36. The molecular formula is C21H28N2O2. The molecule has 0 saturated carbocycles. The highest BCUT2D eigenvalue weighted by Gasteiger charge is 2.27. The highest BCUT2D eigenvalue weighted by atomic mass is 16.6. The van der Waals surface area contributed by atoms with Crippen LogP contribution in [0.15, 0.2) is 42.1 Å². The molecule has 1 aromatic heterocycles. The molecule has 1 aromatic carbocycles. The van der Waals surface area contributed by atoms with Crippen molar-refractivity contribution < 1.29 is 9.53 Å². The molecule has 0 amide bonds. The normalized spacial score (nSPS) is 19.1. The van der Waals surface area contributed by atoms with Crippen molar-refractivity contribution in [3.05, 3.63) is 47.7 Å². The molecule has 0 saturated heterocycles. The van der Waals surface area contributed by atoms with E-state index in [1.165, 1.54) is 11.1 Å². The first-order chi connectivity index (χ1) is 11.8. The van der Waals surface area contributed by atoms with Gasteiger partial charge in [0.1, 0.15) is 5.60 Å². The van der Waals surface area contributed by atoms with Crippen molar-refractivity contribution in [3.8, 4) is 0 Å². The summed E-state index contributed by atoms with van der Waals surface area (Å²) in [6.07, 6.45) is 6.06. The number of ether oxygens (including phenoxy) is 1. The van der Waals surface area contributed by atoms with Crippen LogP contribution in [0.2, 0.25) is 0 Å². The van der Waals surface area contributed by atoms with E-state index in [1.807, 2.05) is 45.2 Å². The molecule has 1 atom stereocenters. The Hall–Kier alpha value is -2.07. The van der Waals surface area contributed by atoms with E-state index in [-0.39, 0.29) is 12.1 Å². The Balaban J connectivity index is 2.03. The van der Waals surface area contributed by atoms with Crippen molar-refractivity contribution in [3.63, 3.8) is 0 Å². The summed E-state index contributed by atoms with van der Waals surface area (Å²) >= 11 is 0. The summed E-state index contributed by atoms with van der Waals surface area (Å²) in [5.74, 6) is 0. The summed E-state index contributed by atoms with van der Waals surface area (Å²) < 4.78 is 7.25. The standard InChI is InChI=1S/C21H28N2O2/c1-6-15-11-12-18(22(5)13-15)17-14-23(20(24)25-21(2,3)4)19-10-8-7-9-16(17)19/h7-11,14,18H,6,12-13H2,1-5H3. The van der Waals surface area contributed by atoms with Crippen LogP contribution in [-0.2, 0) is 4.74 Å². The number of benzene rings is 1. The van der Waals surface area contributed by atoms with Gasteiger partial charge in [-0.2, -0.15) is 0 Å². The second-order valence-corrected chi connectivity index (χ2v) is 7.83. The van der Waals surface area contributed by atoms with Gasteiger partial charge in [-0.05, 0) is 52.3 Å². The van der Waals surface area contributed by atoms with Gasteiger partial charge in [0.2, 0.25) is 0 Å². The topological polar surface area (TPSA) is 34.5 Å². The number of likely N-dealkylation sites (N-methyl/N-ethyl adjacent to an activating group) is 1. The van der Waals surface area contributed by atoms with E-state index in [4.69, 9.17) is 4.74 Å². The third-order valence-electron chi connectivity index (χ3n) is 4.76. The van der Waals surface area contributed by atoms with Gasteiger partial charge in [0.15, 0.2) is 0 Å². The second kappa shape index (κ2) is 6.68. The summed E-state index contributed by atoms with van der Waals surface area (Å²) in [6.45, 7) is 8.86. The highest BCUT2D eigenvalue weighted by molar-refractivity contribution is 5.92. The molecule has 0 N–H and O–H groups in total. The van der Waals surface area contributed by atoms with Crippen LogP contribution in [0, 0.1) is 0 Å². The Bertz CT molecular complexity index is 811. The molecule has 2 heterocycles. The molecule has 0 spiro atoms. The fraction of sp³-hybridized carbons (Fsp3) is 0.476. The third-order valence-corrected chi connectivity index (χ3v) is 4.76. The number of hydrogen-bond donors (Lipinski definition) is 0. The van der Waals surface area contributed by atoms with Gasteiger partial charge >= 0.3 is 6.09 Å². The Morgan fingerprint density at radius 3 is 2.64 bits per heavy atom. The molecule has 1 aliphatic heterocycles. The smallest absolute Gasteiger partial charge is 0.419 e. The molecular weight excluding hydrogens is 312 g/mol. The molecule has 0 fully saturated rings.